The van der Waals surface area contributed by atoms with E-state index in [-0.39, 0.29) is 25.4 Å². The zero-order valence-electron chi connectivity index (χ0n) is 26.4. The van der Waals surface area contributed by atoms with Crippen molar-refractivity contribution >= 4 is 17.7 Å². The van der Waals surface area contributed by atoms with E-state index in [0.717, 1.165) is 0 Å². The molecule has 0 aromatic heterocycles. The van der Waals surface area contributed by atoms with Gasteiger partial charge in [0.1, 0.15) is 30.0 Å². The van der Waals surface area contributed by atoms with Crippen molar-refractivity contribution < 1.29 is 64.0 Å². The summed E-state index contributed by atoms with van der Waals surface area (Å²) in [6.45, 7) is 3.29. The smallest absolute Gasteiger partial charge is 0.330 e. The van der Waals surface area contributed by atoms with Crippen LogP contribution in [0.25, 0.3) is 0 Å². The van der Waals surface area contributed by atoms with Gasteiger partial charge in [-0.05, 0) is 19.9 Å². The Labute approximate surface area is 273 Å². The fourth-order valence-corrected chi connectivity index (χ4v) is 5.33. The van der Waals surface area contributed by atoms with Crippen LogP contribution in [0.2, 0.25) is 0 Å². The summed E-state index contributed by atoms with van der Waals surface area (Å²) in [5.41, 5.74) is 5.91. The Morgan fingerprint density at radius 1 is 0.872 bits per heavy atom. The second kappa shape index (κ2) is 18.5. The highest BCUT2D eigenvalue weighted by Gasteiger charge is 2.43. The van der Waals surface area contributed by atoms with Crippen molar-refractivity contribution in [2.24, 2.45) is 11.7 Å². The topological polar surface area (TPSA) is 239 Å². The number of hydrogen-bond donors (Lipinski definition) is 7. The van der Waals surface area contributed by atoms with E-state index in [4.69, 9.17) is 24.7 Å². The van der Waals surface area contributed by atoms with E-state index in [0.29, 0.717) is 6.42 Å². The van der Waals surface area contributed by atoms with Gasteiger partial charge in [-0.3, -0.25) is 9.59 Å². The number of aliphatic hydroxyl groups is 5. The number of hydrogen-bond acceptors (Lipinski definition) is 13. The summed E-state index contributed by atoms with van der Waals surface area (Å²) in [6.07, 6.45) is 3.57. The summed E-state index contributed by atoms with van der Waals surface area (Å²) < 4.78 is 22.2. The maximum atomic E-state index is 12.6. The number of carboxylic acids is 1. The first-order valence-corrected chi connectivity index (χ1v) is 15.7. The van der Waals surface area contributed by atoms with Gasteiger partial charge in [-0.15, -0.1) is 0 Å². The first-order valence-electron chi connectivity index (χ1n) is 15.7. The van der Waals surface area contributed by atoms with Crippen LogP contribution < -0.4 is 5.73 Å². The predicted molar refractivity (Wildman–Crippen MR) is 166 cm³/mol. The van der Waals surface area contributed by atoms with Gasteiger partial charge in [-0.1, -0.05) is 48.6 Å². The Kier molecular flexibility index (Phi) is 15.1. The molecule has 0 unspecified atom stereocenters. The summed E-state index contributed by atoms with van der Waals surface area (Å²) >= 11 is 0. The van der Waals surface area contributed by atoms with Crippen molar-refractivity contribution in [2.75, 3.05) is 0 Å². The van der Waals surface area contributed by atoms with E-state index in [1.165, 1.54) is 25.2 Å². The van der Waals surface area contributed by atoms with Crippen molar-refractivity contribution in [3.05, 3.63) is 60.8 Å². The average Bonchev–Trinajstić information content (AvgIpc) is 3.72. The molecule has 0 amide bonds. The monoisotopic (exact) mass is 665 g/mol. The lowest BCUT2D eigenvalue weighted by Gasteiger charge is -2.41. The molecule has 3 rings (SSSR count). The number of esters is 1. The van der Waals surface area contributed by atoms with Gasteiger partial charge in [0.05, 0.1) is 48.8 Å². The van der Waals surface area contributed by atoms with E-state index in [9.17, 15) is 45.0 Å². The van der Waals surface area contributed by atoms with Gasteiger partial charge in [0.25, 0.3) is 0 Å². The summed E-state index contributed by atoms with van der Waals surface area (Å²) in [7, 11) is 0. The molecule has 14 heteroatoms. The Morgan fingerprint density at radius 3 is 2.26 bits per heavy atom. The summed E-state index contributed by atoms with van der Waals surface area (Å²) in [5.74, 6) is -4.54. The molecule has 0 saturated carbocycles. The highest BCUT2D eigenvalue weighted by atomic mass is 16.7. The molecule has 3 aliphatic heterocycles. The summed E-state index contributed by atoms with van der Waals surface area (Å²) in [5, 5.41) is 62.6. The number of aliphatic hydroxyl groups excluding tert-OH is 5. The molecule has 13 atom stereocenters. The highest BCUT2D eigenvalue weighted by Crippen LogP contribution is 2.29. The molecule has 0 spiro atoms. The Hall–Kier alpha value is -3.05. The van der Waals surface area contributed by atoms with E-state index in [1.54, 1.807) is 43.4 Å². The number of fused-ring (bicyclic) bond motifs is 1. The quantitative estimate of drug-likeness (QED) is 0.155. The number of carboxylic acid groups (broad SMARTS) is 1. The third-order valence-electron chi connectivity index (χ3n) is 8.05. The van der Waals surface area contributed by atoms with E-state index >= 15 is 0 Å². The molecule has 47 heavy (non-hydrogen) atoms. The van der Waals surface area contributed by atoms with Crippen LogP contribution in [-0.4, -0.2) is 122 Å². The molecule has 14 nitrogen and oxygen atoms in total. The fraction of sp³-hybridized carbons (Fsp3) is 0.606. The van der Waals surface area contributed by atoms with Crippen molar-refractivity contribution in [3.63, 3.8) is 0 Å². The van der Waals surface area contributed by atoms with Gasteiger partial charge in [0, 0.05) is 38.2 Å². The van der Waals surface area contributed by atoms with Crippen molar-refractivity contribution in [1.29, 1.82) is 0 Å². The largest absolute Gasteiger partial charge is 0.481 e. The first kappa shape index (κ1) is 38.4. The van der Waals surface area contributed by atoms with E-state index in [1.807, 2.05) is 6.08 Å². The molecule has 2 fully saturated rings. The van der Waals surface area contributed by atoms with Gasteiger partial charge in [-0.25, -0.2) is 4.79 Å². The van der Waals surface area contributed by atoms with Crippen molar-refractivity contribution in [3.8, 4) is 0 Å². The van der Waals surface area contributed by atoms with Crippen LogP contribution in [0, 0.1) is 5.92 Å². The van der Waals surface area contributed by atoms with Crippen LogP contribution >= 0.6 is 0 Å². The number of Topliss-reactive ketones (excluding diaryl/α,β-unsaturated/α-hetero) is 1. The lowest BCUT2D eigenvalue weighted by Crippen LogP contribution is -2.61. The number of rotatable bonds is 3. The number of cyclic esters (lactones) is 1. The van der Waals surface area contributed by atoms with Crippen molar-refractivity contribution in [2.45, 2.75) is 119 Å². The number of ketones is 1. The van der Waals surface area contributed by atoms with Crippen LogP contribution in [0.5, 0.6) is 0 Å². The zero-order valence-corrected chi connectivity index (χ0v) is 26.4. The first-order chi connectivity index (χ1) is 22.3. The number of ether oxygens (including phenoxy) is 4. The molecule has 3 aliphatic rings. The summed E-state index contributed by atoms with van der Waals surface area (Å²) in [4.78, 5) is 36.9. The Morgan fingerprint density at radius 2 is 1.55 bits per heavy atom. The molecule has 0 aromatic carbocycles. The second-order valence-corrected chi connectivity index (χ2v) is 12.1. The standard InChI is InChI=1S/C33H47NO13/c1-18-10-8-6-4-3-5-7-9-11-22(46-33-31(41)29(34)30(40)19(2)45-33)17-24(38)28(32(42)43)23(37)15-20(35)14-21(36)16-26-25(47-26)12-13-27(39)44-18/h3-9,11-13,18-19,21-26,28-31,33,36-38,40-41H,10,14-17,34H2,1-2H3,(H,42,43)/b4-3+,7-5+,8-6+,11-9+,13-12+/t18-,19-,21+,22+,23-,24+,25-,26+,28-,29+,30-,31+,33+/m1/s1. The third-order valence-corrected chi connectivity index (χ3v) is 8.05. The van der Waals surface area contributed by atoms with E-state index in [2.05, 4.69) is 0 Å². The number of epoxide rings is 1. The van der Waals surface area contributed by atoms with Gasteiger partial charge in [-0.2, -0.15) is 0 Å². The molecule has 0 radical (unpaired) electrons. The Balaban J connectivity index is 1.79. The number of allylic oxidation sites excluding steroid dienone is 6. The predicted octanol–water partition coefficient (Wildman–Crippen LogP) is -0.0377. The molecule has 8 N–H and O–H groups in total. The van der Waals surface area contributed by atoms with Gasteiger partial charge >= 0.3 is 11.9 Å². The van der Waals surface area contributed by atoms with Crippen LogP contribution in [-0.2, 0) is 33.3 Å². The lowest BCUT2D eigenvalue weighted by molar-refractivity contribution is -0.277. The molecule has 3 heterocycles. The number of nitrogens with two attached hydrogens (primary N) is 1. The minimum Gasteiger partial charge on any atom is -0.481 e. The SMILES string of the molecule is C[C@@H]1C/C=C/C=C/C=C/C=C/[C@H](O[C@@H]2O[C@H](C)[C@@H](O)[C@H](N)[C@@H]2O)C[C@H](O)[C@H](C(=O)O)[C@H](O)CC(=O)C[C@H](O)C[C@@H]2O[C@@H]2/C=C/C(=O)O1. The zero-order chi connectivity index (χ0) is 34.7. The molecule has 2 saturated heterocycles. The second-order valence-electron chi connectivity index (χ2n) is 12.1. The third kappa shape index (κ3) is 12.5. The van der Waals surface area contributed by atoms with Crippen LogP contribution in [0.1, 0.15) is 46.0 Å². The number of carbonyl (C=O) groups is 3. The fourth-order valence-electron chi connectivity index (χ4n) is 5.33. The van der Waals surface area contributed by atoms with Crippen molar-refractivity contribution in [1.82, 2.24) is 0 Å². The molecule has 0 aromatic rings. The summed E-state index contributed by atoms with van der Waals surface area (Å²) in [6, 6.07) is -1.10. The van der Waals surface area contributed by atoms with Crippen LogP contribution in [0.4, 0.5) is 0 Å². The van der Waals surface area contributed by atoms with Gasteiger partial charge in [0.2, 0.25) is 0 Å². The number of carbonyl (C=O) groups excluding carboxylic acids is 2. The molecule has 0 bridgehead atoms. The highest BCUT2D eigenvalue weighted by molar-refractivity contribution is 5.82. The van der Waals surface area contributed by atoms with Crippen LogP contribution in [0.3, 0.4) is 0 Å². The van der Waals surface area contributed by atoms with Crippen LogP contribution in [0.15, 0.2) is 60.8 Å². The maximum Gasteiger partial charge on any atom is 0.330 e. The maximum absolute atomic E-state index is 12.6. The minimum absolute atomic E-state index is 0.0692. The average molecular weight is 666 g/mol. The molecule has 0 aliphatic carbocycles. The molecular weight excluding hydrogens is 618 g/mol. The number of aliphatic carboxylic acids is 1. The Bertz CT molecular complexity index is 1200. The normalized spacial score (nSPS) is 43.4. The minimum atomic E-state index is -1.80. The van der Waals surface area contributed by atoms with E-state index < -0.39 is 97.3 Å². The molecule has 262 valence electrons. The lowest BCUT2D eigenvalue weighted by atomic mass is 9.88. The van der Waals surface area contributed by atoms with Gasteiger partial charge in [0.15, 0.2) is 6.29 Å². The molecular formula is C33H47NO13. The van der Waals surface area contributed by atoms with Gasteiger partial charge < -0.3 is 55.3 Å².